The van der Waals surface area contributed by atoms with Crippen molar-refractivity contribution in [2.75, 3.05) is 161 Å². The van der Waals surface area contributed by atoms with Crippen molar-refractivity contribution in [3.63, 3.8) is 0 Å². The predicted octanol–water partition coefficient (Wildman–Crippen LogP) is 6.51. The number of nitrogens with zero attached hydrogens (tertiary/aromatic N) is 7. The Labute approximate surface area is 510 Å². The van der Waals surface area contributed by atoms with Crippen molar-refractivity contribution in [1.29, 1.82) is 0 Å². The molecule has 21 heteroatoms. The first-order valence-electron chi connectivity index (χ1n) is 29.2. The Morgan fingerprint density at radius 1 is 0.464 bits per heavy atom. The maximum atomic E-state index is 11.0. The summed E-state index contributed by atoms with van der Waals surface area (Å²) >= 11 is 0. The molecule has 0 aliphatic carbocycles. The first kappa shape index (κ1) is 91.9. The zero-order chi connectivity index (χ0) is 66.4. The molecule has 1 atom stereocenters. The average molecular weight is 1200 g/mol. The van der Waals surface area contributed by atoms with Crippen molar-refractivity contribution >= 4 is 41.6 Å². The van der Waals surface area contributed by atoms with Gasteiger partial charge in [-0.05, 0) is 194 Å². The molecule has 0 aliphatic heterocycles. The van der Waals surface area contributed by atoms with Crippen LogP contribution in [0.5, 0.6) is 0 Å². The van der Waals surface area contributed by atoms with E-state index in [-0.39, 0.29) is 47.7 Å². The summed E-state index contributed by atoms with van der Waals surface area (Å²) in [7, 11) is 15.9. The molecule has 0 heterocycles. The number of hydrogen-bond acceptors (Lipinski definition) is 18. The van der Waals surface area contributed by atoms with E-state index in [0.717, 1.165) is 130 Å². The van der Waals surface area contributed by atoms with Crippen molar-refractivity contribution in [3.8, 4) is 0 Å². The van der Waals surface area contributed by atoms with Crippen molar-refractivity contribution in [1.82, 2.24) is 34.3 Å². The summed E-state index contributed by atoms with van der Waals surface area (Å²) < 4.78 is 19.7. The van der Waals surface area contributed by atoms with Crippen LogP contribution in [0.3, 0.4) is 0 Å². The van der Waals surface area contributed by atoms with Gasteiger partial charge in [0.2, 0.25) is 17.7 Å². The largest absolute Gasteiger partial charge is 0.462 e. The van der Waals surface area contributed by atoms with Crippen LogP contribution in [0.25, 0.3) is 0 Å². The minimum atomic E-state index is -0.376. The maximum absolute atomic E-state index is 11.0. The number of hydrogen-bond donors (Lipinski definition) is 3. The molecule has 490 valence electrons. The third kappa shape index (κ3) is 82.7. The van der Waals surface area contributed by atoms with E-state index >= 15 is 0 Å². The number of nitrogens with two attached hydrogens (primary N) is 3. The van der Waals surface area contributed by atoms with Gasteiger partial charge in [0.15, 0.2) is 0 Å². The molecule has 1 unspecified atom stereocenters. The lowest BCUT2D eigenvalue weighted by Crippen LogP contribution is -2.27. The molecule has 0 aliphatic rings. The number of primary amides is 3. The molecule has 21 nitrogen and oxygen atoms in total. The van der Waals surface area contributed by atoms with E-state index < -0.39 is 0 Å². The van der Waals surface area contributed by atoms with Crippen LogP contribution >= 0.6 is 0 Å². The molecule has 0 aromatic carbocycles. The molecule has 0 rings (SSSR count). The normalized spacial score (nSPS) is 11.0. The molecular formula is C63H122N10O11. The summed E-state index contributed by atoms with van der Waals surface area (Å²) in [5.74, 6) is -2.35. The van der Waals surface area contributed by atoms with Gasteiger partial charge in [-0.3, -0.25) is 14.4 Å². The van der Waals surface area contributed by atoms with Crippen molar-refractivity contribution in [2.24, 2.45) is 17.2 Å². The lowest BCUT2D eigenvalue weighted by atomic mass is 10.2. The van der Waals surface area contributed by atoms with Crippen LogP contribution in [-0.2, 0) is 52.5 Å². The fourth-order valence-electron chi connectivity index (χ4n) is 5.78. The molecule has 0 radical (unpaired) electrons. The fraction of sp³-hybridized carbons (Fsp3) is 0.667. The third-order valence-electron chi connectivity index (χ3n) is 11.1. The van der Waals surface area contributed by atoms with Crippen molar-refractivity contribution in [3.05, 3.63) is 85.6 Å². The summed E-state index contributed by atoms with van der Waals surface area (Å²) in [5, 5.41) is 0. The van der Waals surface area contributed by atoms with Crippen LogP contribution in [0.15, 0.2) is 85.6 Å². The first-order chi connectivity index (χ1) is 39.3. The van der Waals surface area contributed by atoms with Crippen LogP contribution in [0.1, 0.15) is 114 Å². The Balaban J connectivity index is -0.000000165. The maximum Gasteiger partial charge on any atom is 0.333 e. The quantitative estimate of drug-likeness (QED) is 0.0258. The van der Waals surface area contributed by atoms with Crippen LogP contribution in [0.2, 0.25) is 0 Å². The number of esters is 4. The molecule has 6 N–H and O–H groups in total. The second kappa shape index (κ2) is 66.3. The van der Waals surface area contributed by atoms with Crippen LogP contribution in [-0.4, -0.2) is 243 Å². The van der Waals surface area contributed by atoms with Crippen LogP contribution < -0.4 is 17.2 Å². The minimum absolute atomic E-state index is 0.00828. The molecule has 0 saturated heterocycles. The number of likely N-dealkylation sites (N-methyl/N-ethyl adjacent to an activating group) is 2. The highest BCUT2D eigenvalue weighted by Gasteiger charge is 2.08. The number of rotatable bonds is 38. The van der Waals surface area contributed by atoms with E-state index in [1.165, 1.54) is 24.3 Å². The van der Waals surface area contributed by atoms with Crippen molar-refractivity contribution in [2.45, 2.75) is 120 Å². The predicted molar refractivity (Wildman–Crippen MR) is 348 cm³/mol. The van der Waals surface area contributed by atoms with E-state index in [1.807, 2.05) is 85.3 Å². The smallest absolute Gasteiger partial charge is 0.333 e. The van der Waals surface area contributed by atoms with Crippen LogP contribution in [0, 0.1) is 0 Å². The second-order valence-electron chi connectivity index (χ2n) is 20.0. The van der Waals surface area contributed by atoms with Gasteiger partial charge in [0.1, 0.15) is 13.2 Å². The summed E-state index contributed by atoms with van der Waals surface area (Å²) in [6.45, 7) is 47.5. The molecular weight excluding hydrogens is 1070 g/mol. The van der Waals surface area contributed by atoms with Gasteiger partial charge >= 0.3 is 23.9 Å². The highest BCUT2D eigenvalue weighted by atomic mass is 16.5. The monoisotopic (exact) mass is 1190 g/mol. The summed E-state index contributed by atoms with van der Waals surface area (Å²) in [6.07, 6.45) is 17.2. The van der Waals surface area contributed by atoms with E-state index in [0.29, 0.717) is 36.5 Å². The lowest BCUT2D eigenvalue weighted by Gasteiger charge is -2.19. The molecule has 0 bridgehead atoms. The Morgan fingerprint density at radius 2 is 0.845 bits per heavy atom. The highest BCUT2D eigenvalue weighted by molar-refractivity contribution is 5.91. The number of carbonyl (C=O) groups is 7. The molecule has 0 aromatic rings. The van der Waals surface area contributed by atoms with E-state index in [9.17, 15) is 33.6 Å². The molecule has 0 saturated carbocycles. The molecule has 0 spiro atoms. The Morgan fingerprint density at radius 3 is 1.21 bits per heavy atom. The van der Waals surface area contributed by atoms with Gasteiger partial charge in [-0.2, -0.15) is 0 Å². The van der Waals surface area contributed by atoms with Gasteiger partial charge in [0.25, 0.3) is 0 Å². The number of carbonyl (C=O) groups excluding carboxylic acids is 7. The number of amides is 3. The Kier molecular flexibility index (Phi) is 72.6. The topological polar surface area (TPSA) is 257 Å². The number of ether oxygens (including phenoxy) is 4. The summed E-state index contributed by atoms with van der Waals surface area (Å²) in [4.78, 5) is 89.2. The number of unbranched alkanes of at least 4 members (excludes halogenated alkanes) is 1. The van der Waals surface area contributed by atoms with Gasteiger partial charge in [0, 0.05) is 61.6 Å². The lowest BCUT2D eigenvalue weighted by molar-refractivity contribution is -0.142. The SMILES string of the molecule is C=C(C)C(=O)OCCN(C)C.C=C(C)C(=O)OCCN(CC)CC.C=CC(=O)OC(C)CCCN(CC)CC.C=CC(=O)OCCCN(CC)CC.CC(=CCCN(C)C)C(N)=O.CN(C)CCC=CC(N)=O.CN(C)CCCC=CC(N)=O. The second-order valence-corrected chi connectivity index (χ2v) is 20.0. The number of allylic oxidation sites excluding steroid dienone is 1. The van der Waals surface area contributed by atoms with Gasteiger partial charge in [-0.25, -0.2) is 19.2 Å². The zero-order valence-electron chi connectivity index (χ0n) is 56.1. The van der Waals surface area contributed by atoms with Gasteiger partial charge in [-0.1, -0.05) is 86.1 Å². The Hall–Kier alpha value is -5.81. The highest BCUT2D eigenvalue weighted by Crippen LogP contribution is 2.04. The average Bonchev–Trinajstić information content (AvgIpc) is 3.42. The first-order valence-corrected chi connectivity index (χ1v) is 29.2. The molecule has 0 aromatic heterocycles. The Bertz CT molecular complexity index is 1820. The van der Waals surface area contributed by atoms with Crippen molar-refractivity contribution < 1.29 is 52.5 Å². The van der Waals surface area contributed by atoms with Gasteiger partial charge in [-0.15, -0.1) is 0 Å². The zero-order valence-corrected chi connectivity index (χ0v) is 56.1. The third-order valence-corrected chi connectivity index (χ3v) is 11.1. The van der Waals surface area contributed by atoms with E-state index in [1.54, 1.807) is 26.8 Å². The van der Waals surface area contributed by atoms with E-state index in [4.69, 9.17) is 36.1 Å². The summed E-state index contributed by atoms with van der Waals surface area (Å²) in [5.41, 5.74) is 16.4. The van der Waals surface area contributed by atoms with Crippen LogP contribution in [0.4, 0.5) is 0 Å². The van der Waals surface area contributed by atoms with Gasteiger partial charge in [0.05, 0.1) is 12.7 Å². The molecule has 3 amide bonds. The van der Waals surface area contributed by atoms with Gasteiger partial charge < -0.3 is 70.4 Å². The minimum Gasteiger partial charge on any atom is -0.462 e. The molecule has 84 heavy (non-hydrogen) atoms. The van der Waals surface area contributed by atoms with E-state index in [2.05, 4.69) is 92.4 Å². The standard InChI is InChI=1S/C12H23NO2.2C10H19NO2.2C8H16N2O.C8H15NO2.C7H14N2O/c1-5-12(14)15-11(4)9-8-10-13(6-2)7-3;1-5-11(6-2)7-8-13-10(12)9(3)4;1-4-10(12)13-9-7-8-11(5-2)6-3;1-7(8(9)11)5-4-6-10(2)3;1-10(2)7-5-3-4-6-8(9)11;1-7(2)8(10)11-6-5-9(3)4;1-9(2)6-4-3-5-7(8)10/h5,11H,1,6-10H2,2-4H3;3,5-8H2,1-2,4H3;4H,1,5-9H2,2-3H3;5H,4,6H2,1-3H3,(H2,9,11);4,6H,3,5,7H2,1-2H3,(H2,9,11);1,5-6H2,2-4H3;3,5H,4,6H2,1-2H3,(H2,8,10). The summed E-state index contributed by atoms with van der Waals surface area (Å²) in [6, 6.07) is 0. The fourth-order valence-corrected chi connectivity index (χ4v) is 5.78. The molecule has 0 fully saturated rings.